The lowest BCUT2D eigenvalue weighted by atomic mass is 10.2. The highest BCUT2D eigenvalue weighted by Crippen LogP contribution is 2.23. The van der Waals surface area contributed by atoms with Crippen LogP contribution in [0.1, 0.15) is 26.7 Å². The summed E-state index contributed by atoms with van der Waals surface area (Å²) in [6, 6.07) is 6.52. The second kappa shape index (κ2) is 8.04. The van der Waals surface area contributed by atoms with Crippen molar-refractivity contribution in [3.63, 3.8) is 0 Å². The van der Waals surface area contributed by atoms with Gasteiger partial charge in [-0.25, -0.2) is 8.42 Å². The van der Waals surface area contributed by atoms with Crippen molar-refractivity contribution < 1.29 is 22.8 Å². The van der Waals surface area contributed by atoms with Crippen molar-refractivity contribution in [1.82, 2.24) is 4.31 Å². The zero-order valence-corrected chi connectivity index (χ0v) is 16.2. The van der Waals surface area contributed by atoms with E-state index in [1.165, 1.54) is 9.21 Å². The number of nitrogens with zero attached hydrogens (tertiary/aromatic N) is 1. The molecule has 0 saturated carbocycles. The number of carbonyl (C=O) groups is 1. The molecule has 2 aliphatic heterocycles. The molecule has 2 heterocycles. The van der Waals surface area contributed by atoms with Crippen molar-refractivity contribution in [2.75, 3.05) is 38.0 Å². The van der Waals surface area contributed by atoms with Crippen LogP contribution in [0.5, 0.6) is 0 Å². The first-order valence-electron chi connectivity index (χ1n) is 9.23. The summed E-state index contributed by atoms with van der Waals surface area (Å²) in [6.45, 7) is 7.09. The van der Waals surface area contributed by atoms with Gasteiger partial charge in [0.2, 0.25) is 10.0 Å². The number of carbonyl (C=O) groups excluding carboxylic acids is 1. The molecule has 1 aromatic carbocycles. The van der Waals surface area contributed by atoms with E-state index in [4.69, 9.17) is 4.74 Å². The van der Waals surface area contributed by atoms with Gasteiger partial charge in [0.05, 0.1) is 4.90 Å². The molecule has 0 bridgehead atoms. The molecule has 1 amide bonds. The van der Waals surface area contributed by atoms with Gasteiger partial charge in [0.15, 0.2) is 6.54 Å². The van der Waals surface area contributed by atoms with Crippen LogP contribution < -0.4 is 10.2 Å². The molecule has 0 radical (unpaired) electrons. The maximum absolute atomic E-state index is 12.7. The molecular weight excluding hydrogens is 354 g/mol. The van der Waals surface area contributed by atoms with E-state index in [0.717, 1.165) is 25.9 Å². The van der Waals surface area contributed by atoms with Crippen LogP contribution in [0.25, 0.3) is 0 Å². The Balaban J connectivity index is 1.64. The minimum Gasteiger partial charge on any atom is -0.364 e. The monoisotopic (exact) mass is 382 g/mol. The second-order valence-corrected chi connectivity index (χ2v) is 9.22. The van der Waals surface area contributed by atoms with Gasteiger partial charge in [-0.2, -0.15) is 4.31 Å². The van der Waals surface area contributed by atoms with Gasteiger partial charge in [-0.3, -0.25) is 4.79 Å². The van der Waals surface area contributed by atoms with Gasteiger partial charge in [0.1, 0.15) is 25.3 Å². The highest BCUT2D eigenvalue weighted by Gasteiger charge is 2.28. The van der Waals surface area contributed by atoms with E-state index < -0.39 is 10.0 Å². The van der Waals surface area contributed by atoms with Gasteiger partial charge in [-0.15, -0.1) is 0 Å². The topological polar surface area (TPSA) is 80.2 Å². The van der Waals surface area contributed by atoms with Crippen molar-refractivity contribution in [2.45, 2.75) is 43.8 Å². The Labute approximate surface area is 155 Å². The largest absolute Gasteiger partial charge is 0.364 e. The SMILES string of the molecule is C[C@@H]1C[NH+](CC(=O)Nc2cccc(S(=O)(=O)N3CCCC3)c2)C[C@H](C)O1. The van der Waals surface area contributed by atoms with Crippen LogP contribution in [-0.4, -0.2) is 63.6 Å². The maximum Gasteiger partial charge on any atom is 0.279 e. The van der Waals surface area contributed by atoms with Crippen molar-refractivity contribution >= 4 is 21.6 Å². The fourth-order valence-electron chi connectivity index (χ4n) is 3.78. The van der Waals surface area contributed by atoms with Crippen molar-refractivity contribution in [2.24, 2.45) is 0 Å². The van der Waals surface area contributed by atoms with E-state index >= 15 is 0 Å². The predicted molar refractivity (Wildman–Crippen MR) is 98.6 cm³/mol. The minimum atomic E-state index is -3.48. The molecule has 8 heteroatoms. The number of hydrogen-bond donors (Lipinski definition) is 2. The lowest BCUT2D eigenvalue weighted by Gasteiger charge is -2.31. The second-order valence-electron chi connectivity index (χ2n) is 7.28. The van der Waals surface area contributed by atoms with Gasteiger partial charge in [-0.05, 0) is 44.9 Å². The number of sulfonamides is 1. The highest BCUT2D eigenvalue weighted by molar-refractivity contribution is 7.89. The van der Waals surface area contributed by atoms with E-state index in [0.29, 0.717) is 25.3 Å². The molecule has 0 aromatic heterocycles. The third-order valence-electron chi connectivity index (χ3n) is 4.85. The molecule has 7 nitrogen and oxygen atoms in total. The Kier molecular flexibility index (Phi) is 5.96. The first kappa shape index (κ1) is 19.3. The van der Waals surface area contributed by atoms with Crippen LogP contribution in [0.15, 0.2) is 29.2 Å². The molecule has 26 heavy (non-hydrogen) atoms. The highest BCUT2D eigenvalue weighted by atomic mass is 32.2. The Morgan fingerprint density at radius 2 is 1.88 bits per heavy atom. The zero-order valence-electron chi connectivity index (χ0n) is 15.4. The first-order valence-corrected chi connectivity index (χ1v) is 10.7. The fourth-order valence-corrected chi connectivity index (χ4v) is 5.34. The molecule has 2 aliphatic rings. The molecule has 2 saturated heterocycles. The normalized spacial score (nSPS) is 27.4. The zero-order chi connectivity index (χ0) is 18.7. The first-order chi connectivity index (χ1) is 12.3. The minimum absolute atomic E-state index is 0.114. The number of anilines is 1. The van der Waals surface area contributed by atoms with Crippen LogP contribution >= 0.6 is 0 Å². The quantitative estimate of drug-likeness (QED) is 0.757. The molecule has 0 aliphatic carbocycles. The summed E-state index contributed by atoms with van der Waals surface area (Å²) in [7, 11) is -3.48. The molecule has 144 valence electrons. The lowest BCUT2D eigenvalue weighted by Crippen LogP contribution is -3.16. The van der Waals surface area contributed by atoms with Crippen LogP contribution in [0.4, 0.5) is 5.69 Å². The maximum atomic E-state index is 12.7. The Morgan fingerprint density at radius 1 is 1.23 bits per heavy atom. The van der Waals surface area contributed by atoms with Gasteiger partial charge < -0.3 is 15.0 Å². The molecule has 1 unspecified atom stereocenters. The molecule has 0 spiro atoms. The van der Waals surface area contributed by atoms with Crippen LogP contribution in [0, 0.1) is 0 Å². The number of amides is 1. The Hall–Kier alpha value is -1.48. The van der Waals surface area contributed by atoms with Crippen LogP contribution in [0.3, 0.4) is 0 Å². The molecular formula is C18H28N3O4S+. The van der Waals surface area contributed by atoms with E-state index in [1.807, 2.05) is 13.8 Å². The van der Waals surface area contributed by atoms with E-state index in [9.17, 15) is 13.2 Å². The van der Waals surface area contributed by atoms with Crippen molar-refractivity contribution in [3.05, 3.63) is 24.3 Å². The number of morpholine rings is 1. The number of hydrogen-bond acceptors (Lipinski definition) is 4. The third kappa shape index (κ3) is 4.62. The van der Waals surface area contributed by atoms with Crippen LogP contribution in [0.2, 0.25) is 0 Å². The molecule has 3 rings (SSSR count). The lowest BCUT2D eigenvalue weighted by molar-refractivity contribution is -0.907. The third-order valence-corrected chi connectivity index (χ3v) is 6.74. The summed E-state index contributed by atoms with van der Waals surface area (Å²) in [5.41, 5.74) is 0.518. The standard InChI is InChI=1S/C18H27N3O4S/c1-14-11-20(12-15(2)25-14)13-18(22)19-16-6-5-7-17(10-16)26(23,24)21-8-3-4-9-21/h5-7,10,14-15H,3-4,8-9,11-13H2,1-2H3,(H,19,22)/p+1/t14-,15+. The molecule has 1 aromatic rings. The molecule has 2 fully saturated rings. The van der Waals surface area contributed by atoms with Crippen molar-refractivity contribution in [1.29, 1.82) is 0 Å². The van der Waals surface area contributed by atoms with Crippen molar-refractivity contribution in [3.8, 4) is 0 Å². The van der Waals surface area contributed by atoms with Gasteiger partial charge in [-0.1, -0.05) is 6.07 Å². The predicted octanol–water partition coefficient (Wildman–Crippen LogP) is 0.102. The number of benzene rings is 1. The average Bonchev–Trinajstić information content (AvgIpc) is 3.09. The number of quaternary nitrogens is 1. The summed E-state index contributed by atoms with van der Waals surface area (Å²) in [6.07, 6.45) is 2.06. The molecule has 3 atom stereocenters. The Bertz CT molecular complexity index is 737. The fraction of sp³-hybridized carbons (Fsp3) is 0.611. The van der Waals surface area contributed by atoms with Gasteiger partial charge in [0, 0.05) is 18.8 Å². The van der Waals surface area contributed by atoms with Crippen LogP contribution in [-0.2, 0) is 19.6 Å². The summed E-state index contributed by atoms with van der Waals surface area (Å²) in [5.74, 6) is -0.114. The van der Waals surface area contributed by atoms with E-state index in [-0.39, 0.29) is 23.0 Å². The van der Waals surface area contributed by atoms with Gasteiger partial charge in [0.25, 0.3) is 5.91 Å². The summed E-state index contributed by atoms with van der Waals surface area (Å²) >= 11 is 0. The Morgan fingerprint density at radius 3 is 2.54 bits per heavy atom. The smallest absolute Gasteiger partial charge is 0.279 e. The van der Waals surface area contributed by atoms with Gasteiger partial charge >= 0.3 is 0 Å². The van der Waals surface area contributed by atoms with E-state index in [2.05, 4.69) is 5.32 Å². The summed E-state index contributed by atoms with van der Waals surface area (Å²) in [4.78, 5) is 13.8. The number of rotatable bonds is 5. The number of ether oxygens (including phenoxy) is 1. The van der Waals surface area contributed by atoms with E-state index in [1.54, 1.807) is 24.3 Å². The summed E-state index contributed by atoms with van der Waals surface area (Å²) in [5, 5.41) is 2.84. The molecule has 2 N–H and O–H groups in total. The number of nitrogens with one attached hydrogen (secondary N) is 2. The average molecular weight is 383 g/mol. The summed E-state index contributed by atoms with van der Waals surface area (Å²) < 4.78 is 32.5.